The van der Waals surface area contributed by atoms with Crippen LogP contribution in [0.1, 0.15) is 18.5 Å². The summed E-state index contributed by atoms with van der Waals surface area (Å²) < 4.78 is 1.76. The van der Waals surface area contributed by atoms with Gasteiger partial charge in [-0.25, -0.2) is 0 Å². The molecule has 1 aliphatic heterocycles. The molecule has 1 aliphatic rings. The van der Waals surface area contributed by atoms with Crippen LogP contribution in [0.5, 0.6) is 0 Å². The third-order valence-electron chi connectivity index (χ3n) is 3.07. The molecule has 1 saturated heterocycles. The highest BCUT2D eigenvalue weighted by atomic mass is 35.5. The van der Waals surface area contributed by atoms with Crippen molar-refractivity contribution in [2.75, 3.05) is 18.4 Å². The number of aromatic nitrogens is 2. The molecule has 0 aliphatic carbocycles. The van der Waals surface area contributed by atoms with E-state index < -0.39 is 0 Å². The number of anilines is 1. The second-order valence-corrected chi connectivity index (χ2v) is 4.31. The van der Waals surface area contributed by atoms with Gasteiger partial charge in [0.25, 0.3) is 0 Å². The Morgan fingerprint density at radius 3 is 2.71 bits per heavy atom. The summed E-state index contributed by atoms with van der Waals surface area (Å²) in [5.41, 5.74) is 1.04. The summed E-state index contributed by atoms with van der Waals surface area (Å²) in [6, 6.07) is 1.89. The summed E-state index contributed by atoms with van der Waals surface area (Å²) >= 11 is 0. The van der Waals surface area contributed by atoms with E-state index in [1.165, 1.54) is 0 Å². The zero-order chi connectivity index (χ0) is 11.5. The van der Waals surface area contributed by atoms with Crippen LogP contribution in [0, 0.1) is 12.8 Å². The summed E-state index contributed by atoms with van der Waals surface area (Å²) in [5, 5.41) is 10.3. The SMILES string of the molecule is Cc1cc(NC(=O)C2CCNCC2)nn1C.Cl. The first-order chi connectivity index (χ1) is 7.66. The van der Waals surface area contributed by atoms with Gasteiger partial charge in [-0.05, 0) is 32.9 Å². The zero-order valence-electron chi connectivity index (χ0n) is 10.2. The summed E-state index contributed by atoms with van der Waals surface area (Å²) in [6.07, 6.45) is 1.83. The minimum absolute atomic E-state index is 0. The van der Waals surface area contributed by atoms with E-state index in [9.17, 15) is 4.79 Å². The quantitative estimate of drug-likeness (QED) is 0.835. The van der Waals surface area contributed by atoms with Crippen LogP contribution in [0.2, 0.25) is 0 Å². The van der Waals surface area contributed by atoms with Crippen molar-refractivity contribution in [3.63, 3.8) is 0 Å². The van der Waals surface area contributed by atoms with E-state index >= 15 is 0 Å². The minimum Gasteiger partial charge on any atom is -0.317 e. The van der Waals surface area contributed by atoms with Crippen molar-refractivity contribution in [2.45, 2.75) is 19.8 Å². The van der Waals surface area contributed by atoms with E-state index in [4.69, 9.17) is 0 Å². The highest BCUT2D eigenvalue weighted by Gasteiger charge is 2.21. The topological polar surface area (TPSA) is 59.0 Å². The molecule has 2 heterocycles. The molecule has 2 rings (SSSR count). The number of carbonyl (C=O) groups excluding carboxylic acids is 1. The third-order valence-corrected chi connectivity index (χ3v) is 3.07. The maximum absolute atomic E-state index is 11.9. The number of rotatable bonds is 2. The summed E-state index contributed by atoms with van der Waals surface area (Å²) in [7, 11) is 1.87. The van der Waals surface area contributed by atoms with Gasteiger partial charge in [-0.1, -0.05) is 0 Å². The van der Waals surface area contributed by atoms with E-state index in [0.717, 1.165) is 31.6 Å². The molecule has 0 unspecified atom stereocenters. The van der Waals surface area contributed by atoms with E-state index in [0.29, 0.717) is 5.82 Å². The van der Waals surface area contributed by atoms with Gasteiger partial charge >= 0.3 is 0 Å². The van der Waals surface area contributed by atoms with Gasteiger partial charge in [-0.3, -0.25) is 9.48 Å². The van der Waals surface area contributed by atoms with Crippen LogP contribution in [0.25, 0.3) is 0 Å². The lowest BCUT2D eigenvalue weighted by Crippen LogP contribution is -2.34. The molecule has 96 valence electrons. The number of nitrogens with one attached hydrogen (secondary N) is 2. The van der Waals surface area contributed by atoms with E-state index in [-0.39, 0.29) is 24.2 Å². The predicted molar refractivity (Wildman–Crippen MR) is 69.4 cm³/mol. The van der Waals surface area contributed by atoms with Gasteiger partial charge in [0.1, 0.15) is 0 Å². The lowest BCUT2D eigenvalue weighted by Gasteiger charge is -2.21. The second kappa shape index (κ2) is 6.02. The monoisotopic (exact) mass is 258 g/mol. The summed E-state index contributed by atoms with van der Waals surface area (Å²) in [4.78, 5) is 11.9. The van der Waals surface area contributed by atoms with Crippen LogP contribution in [0.15, 0.2) is 6.07 Å². The Hall–Kier alpha value is -1.07. The lowest BCUT2D eigenvalue weighted by molar-refractivity contribution is -0.120. The molecule has 6 heteroatoms. The number of halogens is 1. The van der Waals surface area contributed by atoms with Crippen molar-refractivity contribution in [1.29, 1.82) is 0 Å². The average Bonchev–Trinajstić information content (AvgIpc) is 2.59. The molecule has 0 aromatic carbocycles. The summed E-state index contributed by atoms with van der Waals surface area (Å²) in [6.45, 7) is 3.83. The van der Waals surface area contributed by atoms with Gasteiger partial charge in [0.15, 0.2) is 5.82 Å². The van der Waals surface area contributed by atoms with Crippen LogP contribution < -0.4 is 10.6 Å². The van der Waals surface area contributed by atoms with Gasteiger partial charge < -0.3 is 10.6 Å². The Labute approximate surface area is 107 Å². The van der Waals surface area contributed by atoms with E-state index in [2.05, 4.69) is 15.7 Å². The van der Waals surface area contributed by atoms with Gasteiger partial charge in [-0.15, -0.1) is 12.4 Å². The highest BCUT2D eigenvalue weighted by Crippen LogP contribution is 2.15. The van der Waals surface area contributed by atoms with Gasteiger partial charge in [-0.2, -0.15) is 5.10 Å². The molecule has 1 amide bonds. The molecule has 0 atom stereocenters. The van der Waals surface area contributed by atoms with E-state index in [1.54, 1.807) is 4.68 Å². The number of amides is 1. The molecule has 1 fully saturated rings. The van der Waals surface area contributed by atoms with Crippen molar-refractivity contribution >= 4 is 24.1 Å². The fourth-order valence-electron chi connectivity index (χ4n) is 1.93. The standard InChI is InChI=1S/C11H18N4O.ClH/c1-8-7-10(14-15(8)2)13-11(16)9-3-5-12-6-4-9;/h7,9,12H,3-6H2,1-2H3,(H,13,14,16);1H. The predicted octanol–water partition coefficient (Wildman–Crippen LogP) is 1.09. The average molecular weight is 259 g/mol. The Kier molecular flexibility index (Phi) is 4.96. The summed E-state index contributed by atoms with van der Waals surface area (Å²) in [5.74, 6) is 0.881. The smallest absolute Gasteiger partial charge is 0.228 e. The Morgan fingerprint density at radius 1 is 1.53 bits per heavy atom. The molecular weight excluding hydrogens is 240 g/mol. The van der Waals surface area contributed by atoms with Crippen LogP contribution in [0.4, 0.5) is 5.82 Å². The third kappa shape index (κ3) is 3.44. The molecule has 5 nitrogen and oxygen atoms in total. The molecular formula is C11H19ClN4O. The van der Waals surface area contributed by atoms with Crippen LogP contribution in [0.3, 0.4) is 0 Å². The Bertz CT molecular complexity index is 365. The largest absolute Gasteiger partial charge is 0.317 e. The fourth-order valence-corrected chi connectivity index (χ4v) is 1.93. The number of nitrogens with zero attached hydrogens (tertiary/aromatic N) is 2. The first-order valence-electron chi connectivity index (χ1n) is 5.69. The number of piperidine rings is 1. The highest BCUT2D eigenvalue weighted by molar-refractivity contribution is 5.91. The van der Waals surface area contributed by atoms with Gasteiger partial charge in [0, 0.05) is 24.7 Å². The molecule has 0 radical (unpaired) electrons. The van der Waals surface area contributed by atoms with Crippen molar-refractivity contribution < 1.29 is 4.79 Å². The maximum Gasteiger partial charge on any atom is 0.228 e. The number of hydrogen-bond acceptors (Lipinski definition) is 3. The molecule has 17 heavy (non-hydrogen) atoms. The number of hydrogen-bond donors (Lipinski definition) is 2. The molecule has 0 bridgehead atoms. The number of carbonyl (C=O) groups is 1. The molecule has 0 spiro atoms. The number of aryl methyl sites for hydroxylation is 2. The van der Waals surface area contributed by atoms with Crippen LogP contribution in [-0.4, -0.2) is 28.8 Å². The van der Waals surface area contributed by atoms with Gasteiger partial charge in [0.2, 0.25) is 5.91 Å². The van der Waals surface area contributed by atoms with Crippen molar-refractivity contribution in [1.82, 2.24) is 15.1 Å². The first-order valence-corrected chi connectivity index (χ1v) is 5.69. The normalized spacial score (nSPS) is 16.4. The van der Waals surface area contributed by atoms with Crippen molar-refractivity contribution in [2.24, 2.45) is 13.0 Å². The minimum atomic E-state index is 0. The lowest BCUT2D eigenvalue weighted by atomic mass is 9.97. The molecule has 1 aromatic heterocycles. The molecule has 2 N–H and O–H groups in total. The Morgan fingerprint density at radius 2 is 2.18 bits per heavy atom. The Balaban J connectivity index is 0.00000144. The van der Waals surface area contributed by atoms with Crippen molar-refractivity contribution in [3.05, 3.63) is 11.8 Å². The molecule has 1 aromatic rings. The first kappa shape index (κ1) is 14.0. The molecule has 0 saturated carbocycles. The van der Waals surface area contributed by atoms with Crippen molar-refractivity contribution in [3.8, 4) is 0 Å². The van der Waals surface area contributed by atoms with Crippen LogP contribution in [-0.2, 0) is 11.8 Å². The fraction of sp³-hybridized carbons (Fsp3) is 0.636. The van der Waals surface area contributed by atoms with E-state index in [1.807, 2.05) is 20.0 Å². The van der Waals surface area contributed by atoms with Gasteiger partial charge in [0.05, 0.1) is 0 Å². The van der Waals surface area contributed by atoms with Crippen LogP contribution >= 0.6 is 12.4 Å². The second-order valence-electron chi connectivity index (χ2n) is 4.31. The zero-order valence-corrected chi connectivity index (χ0v) is 11.0. The maximum atomic E-state index is 11.9.